The molecular formula is C22H25N5O5S. The molecule has 1 N–H and O–H groups in total. The summed E-state index contributed by atoms with van der Waals surface area (Å²) in [7, 11) is -3.55. The van der Waals surface area contributed by atoms with Crippen LogP contribution in [0.5, 0.6) is 0 Å². The second-order valence-corrected chi connectivity index (χ2v) is 9.42. The van der Waals surface area contributed by atoms with Crippen molar-refractivity contribution in [2.45, 2.75) is 11.8 Å². The van der Waals surface area contributed by atoms with Gasteiger partial charge in [-0.15, -0.1) is 0 Å². The van der Waals surface area contributed by atoms with E-state index in [4.69, 9.17) is 0 Å². The average molecular weight is 472 g/mol. The number of allylic oxidation sites excluding steroid dienone is 1. The molecule has 10 nitrogen and oxygen atoms in total. The van der Waals surface area contributed by atoms with Crippen LogP contribution in [0.25, 0.3) is 6.08 Å². The van der Waals surface area contributed by atoms with E-state index in [9.17, 15) is 23.3 Å². The molecule has 1 aliphatic heterocycles. The van der Waals surface area contributed by atoms with E-state index in [1.807, 2.05) is 11.8 Å². The first kappa shape index (κ1) is 24.2. The molecule has 0 atom stereocenters. The topological polar surface area (TPSA) is 125 Å². The number of hydrogen-bond donors (Lipinski definition) is 1. The van der Waals surface area contributed by atoms with Gasteiger partial charge in [-0.2, -0.15) is 9.41 Å². The van der Waals surface area contributed by atoms with Gasteiger partial charge in [0.15, 0.2) is 0 Å². The van der Waals surface area contributed by atoms with Crippen molar-refractivity contribution in [3.8, 4) is 0 Å². The molecule has 33 heavy (non-hydrogen) atoms. The summed E-state index contributed by atoms with van der Waals surface area (Å²) in [5, 5.41) is 14.8. The maximum atomic E-state index is 12.8. The van der Waals surface area contributed by atoms with Crippen LogP contribution in [0.15, 0.2) is 64.6 Å². The number of nitro benzene ring substituents is 1. The van der Waals surface area contributed by atoms with Gasteiger partial charge in [-0.1, -0.05) is 29.8 Å². The fraction of sp³-hybridized carbons (Fsp3) is 0.273. The Morgan fingerprint density at radius 3 is 2.45 bits per heavy atom. The Balaban J connectivity index is 1.45. The number of nitro groups is 1. The molecule has 0 saturated carbocycles. The SMILES string of the molecule is Cc1ccc(S(=O)(=O)N2CCN(CC(=O)N/N=C\C=C\c3ccccc3[N+](=O)[O-])CC2)cc1. The second-order valence-electron chi connectivity index (χ2n) is 7.48. The number of nitrogens with one attached hydrogen (secondary N) is 1. The Hall–Kier alpha value is -3.41. The summed E-state index contributed by atoms with van der Waals surface area (Å²) in [5.74, 6) is -0.333. The second kappa shape index (κ2) is 10.9. The van der Waals surface area contributed by atoms with Gasteiger partial charge in [0.2, 0.25) is 10.0 Å². The van der Waals surface area contributed by atoms with Crippen LogP contribution in [0.3, 0.4) is 0 Å². The van der Waals surface area contributed by atoms with Gasteiger partial charge in [0, 0.05) is 38.5 Å². The zero-order valence-electron chi connectivity index (χ0n) is 18.1. The number of nitrogens with zero attached hydrogens (tertiary/aromatic N) is 4. The monoisotopic (exact) mass is 471 g/mol. The normalized spacial score (nSPS) is 15.8. The zero-order valence-corrected chi connectivity index (χ0v) is 18.9. The first-order valence-corrected chi connectivity index (χ1v) is 11.7. The minimum absolute atomic E-state index is 0.0188. The van der Waals surface area contributed by atoms with Crippen LogP contribution in [0.2, 0.25) is 0 Å². The molecule has 3 rings (SSSR count). The number of sulfonamides is 1. The summed E-state index contributed by atoms with van der Waals surface area (Å²) in [6.45, 7) is 3.44. The highest BCUT2D eigenvalue weighted by molar-refractivity contribution is 7.89. The van der Waals surface area contributed by atoms with Gasteiger partial charge in [0.25, 0.3) is 11.6 Å². The maximum absolute atomic E-state index is 12.8. The number of aryl methyl sites for hydroxylation is 1. The molecule has 1 amide bonds. The fourth-order valence-corrected chi connectivity index (χ4v) is 4.74. The van der Waals surface area contributed by atoms with Crippen molar-refractivity contribution in [3.05, 3.63) is 75.8 Å². The van der Waals surface area contributed by atoms with E-state index in [-0.39, 0.29) is 23.0 Å². The van der Waals surface area contributed by atoms with E-state index in [1.54, 1.807) is 42.5 Å². The molecule has 2 aromatic rings. The summed E-state index contributed by atoms with van der Waals surface area (Å²) in [6.07, 6.45) is 4.36. The van der Waals surface area contributed by atoms with Gasteiger partial charge < -0.3 is 0 Å². The Bertz CT molecular complexity index is 1150. The quantitative estimate of drug-likeness (QED) is 0.357. The number of carbonyl (C=O) groups excluding carboxylic acids is 1. The number of amides is 1. The third-order valence-electron chi connectivity index (χ3n) is 5.12. The number of hydrazone groups is 1. The van der Waals surface area contributed by atoms with Gasteiger partial charge in [0.05, 0.1) is 21.9 Å². The Morgan fingerprint density at radius 1 is 1.12 bits per heavy atom. The van der Waals surface area contributed by atoms with Crippen molar-refractivity contribution < 1.29 is 18.1 Å². The van der Waals surface area contributed by atoms with Crippen LogP contribution in [-0.4, -0.2) is 67.4 Å². The lowest BCUT2D eigenvalue weighted by Gasteiger charge is -2.33. The summed E-state index contributed by atoms with van der Waals surface area (Å²) >= 11 is 0. The number of benzene rings is 2. The number of piperazine rings is 1. The van der Waals surface area contributed by atoms with E-state index in [0.29, 0.717) is 31.7 Å². The average Bonchev–Trinajstić information content (AvgIpc) is 2.79. The van der Waals surface area contributed by atoms with Crippen molar-refractivity contribution in [1.82, 2.24) is 14.6 Å². The summed E-state index contributed by atoms with van der Waals surface area (Å²) < 4.78 is 26.9. The first-order valence-electron chi connectivity index (χ1n) is 10.3. The van der Waals surface area contributed by atoms with Gasteiger partial charge in [0.1, 0.15) is 0 Å². The zero-order chi connectivity index (χ0) is 23.8. The lowest BCUT2D eigenvalue weighted by Crippen LogP contribution is -2.50. The predicted octanol–water partition coefficient (Wildman–Crippen LogP) is 2.02. The smallest absolute Gasteiger partial charge is 0.276 e. The minimum Gasteiger partial charge on any atom is -0.292 e. The minimum atomic E-state index is -3.55. The molecule has 174 valence electrons. The van der Waals surface area contributed by atoms with Crippen LogP contribution in [0.4, 0.5) is 5.69 Å². The van der Waals surface area contributed by atoms with Gasteiger partial charge in [-0.05, 0) is 37.3 Å². The van der Waals surface area contributed by atoms with Crippen LogP contribution in [0, 0.1) is 17.0 Å². The molecule has 0 unspecified atom stereocenters. The third-order valence-corrected chi connectivity index (χ3v) is 7.03. The number of rotatable bonds is 8. The summed E-state index contributed by atoms with van der Waals surface area (Å²) in [6, 6.07) is 13.0. The van der Waals surface area contributed by atoms with Crippen molar-refractivity contribution >= 4 is 33.9 Å². The molecule has 0 bridgehead atoms. The molecule has 0 aromatic heterocycles. The molecule has 11 heteroatoms. The highest BCUT2D eigenvalue weighted by atomic mass is 32.2. The highest BCUT2D eigenvalue weighted by Crippen LogP contribution is 2.19. The number of hydrogen-bond acceptors (Lipinski definition) is 7. The molecule has 1 heterocycles. The van der Waals surface area contributed by atoms with E-state index >= 15 is 0 Å². The van der Waals surface area contributed by atoms with Crippen LogP contribution < -0.4 is 5.43 Å². The number of carbonyl (C=O) groups is 1. The molecule has 2 aromatic carbocycles. The van der Waals surface area contributed by atoms with Gasteiger partial charge in [-0.3, -0.25) is 19.8 Å². The Labute approximate surface area is 192 Å². The van der Waals surface area contributed by atoms with E-state index in [1.165, 1.54) is 28.7 Å². The highest BCUT2D eigenvalue weighted by Gasteiger charge is 2.28. The molecule has 0 aliphatic carbocycles. The predicted molar refractivity (Wildman–Crippen MR) is 125 cm³/mol. The molecule has 1 saturated heterocycles. The van der Waals surface area contributed by atoms with Crippen LogP contribution in [0.1, 0.15) is 11.1 Å². The maximum Gasteiger partial charge on any atom is 0.276 e. The Morgan fingerprint density at radius 2 is 1.79 bits per heavy atom. The molecule has 0 spiro atoms. The van der Waals surface area contributed by atoms with Crippen molar-refractivity contribution in [1.29, 1.82) is 0 Å². The molecule has 1 fully saturated rings. The largest absolute Gasteiger partial charge is 0.292 e. The van der Waals surface area contributed by atoms with Gasteiger partial charge in [-0.25, -0.2) is 13.8 Å². The first-order chi connectivity index (χ1) is 15.8. The van der Waals surface area contributed by atoms with Crippen molar-refractivity contribution in [2.24, 2.45) is 5.10 Å². The van der Waals surface area contributed by atoms with Gasteiger partial charge >= 0.3 is 0 Å². The Kier molecular flexibility index (Phi) is 8.04. The lowest BCUT2D eigenvalue weighted by molar-refractivity contribution is -0.385. The molecular weight excluding hydrogens is 446 g/mol. The third kappa shape index (κ3) is 6.54. The van der Waals surface area contributed by atoms with E-state index in [2.05, 4.69) is 10.5 Å². The van der Waals surface area contributed by atoms with E-state index in [0.717, 1.165) is 5.56 Å². The van der Waals surface area contributed by atoms with E-state index < -0.39 is 14.9 Å². The standard InChI is InChI=1S/C22H25N5O5S/c1-18-8-10-20(11-9-18)33(31,32)26-15-13-25(14-16-26)17-22(28)24-23-12-4-6-19-5-2-3-7-21(19)27(29)30/h2-12H,13-17H2,1H3,(H,24,28)/b6-4+,23-12-. The van der Waals surface area contributed by atoms with Crippen LogP contribution >= 0.6 is 0 Å². The summed E-state index contributed by atoms with van der Waals surface area (Å²) in [4.78, 5) is 24.8. The van der Waals surface area contributed by atoms with Crippen molar-refractivity contribution in [3.63, 3.8) is 0 Å². The number of para-hydroxylation sites is 1. The lowest BCUT2D eigenvalue weighted by atomic mass is 10.2. The summed E-state index contributed by atoms with van der Waals surface area (Å²) in [5.41, 5.74) is 3.80. The molecule has 0 radical (unpaired) electrons. The molecule has 1 aliphatic rings. The van der Waals surface area contributed by atoms with Crippen LogP contribution in [-0.2, 0) is 14.8 Å². The fourth-order valence-electron chi connectivity index (χ4n) is 3.32. The van der Waals surface area contributed by atoms with Crippen molar-refractivity contribution in [2.75, 3.05) is 32.7 Å².